The van der Waals surface area contributed by atoms with Gasteiger partial charge in [-0.1, -0.05) is 0 Å². The fourth-order valence-corrected chi connectivity index (χ4v) is 1.29. The summed E-state index contributed by atoms with van der Waals surface area (Å²) < 4.78 is 0. The lowest BCUT2D eigenvalue weighted by Crippen LogP contribution is -2.22. The zero-order valence-electron chi connectivity index (χ0n) is 9.53. The molecule has 4 N–H and O–H groups in total. The number of rotatable bonds is 4. The van der Waals surface area contributed by atoms with Gasteiger partial charge in [0.25, 0.3) is 5.91 Å². The second kappa shape index (κ2) is 5.37. The summed E-state index contributed by atoms with van der Waals surface area (Å²) >= 11 is 0. The quantitative estimate of drug-likeness (QED) is 0.645. The largest absolute Gasteiger partial charge is 0.397 e. The van der Waals surface area contributed by atoms with Crippen molar-refractivity contribution in [1.82, 2.24) is 4.90 Å². The molecule has 0 saturated carbocycles. The third-order valence-corrected chi connectivity index (χ3v) is 2.13. The Morgan fingerprint density at radius 1 is 1.50 bits per heavy atom. The fraction of sp³-hybridized carbons (Fsp3) is 0.364. The van der Waals surface area contributed by atoms with Gasteiger partial charge in [-0.05, 0) is 18.2 Å². The van der Waals surface area contributed by atoms with Crippen molar-refractivity contribution in [3.05, 3.63) is 23.8 Å². The van der Waals surface area contributed by atoms with Crippen molar-refractivity contribution in [2.75, 3.05) is 38.3 Å². The number of carbonyl (C=O) groups is 1. The normalized spacial score (nSPS) is 9.94. The number of hydrogen-bond acceptors (Lipinski definition) is 4. The van der Waals surface area contributed by atoms with E-state index in [2.05, 4.69) is 5.32 Å². The Bertz CT molecular complexity index is 377. The molecule has 1 aromatic rings. The Morgan fingerprint density at radius 3 is 2.75 bits per heavy atom. The minimum atomic E-state index is -0.0768. The van der Waals surface area contributed by atoms with Gasteiger partial charge in [-0.25, -0.2) is 0 Å². The summed E-state index contributed by atoms with van der Waals surface area (Å²) in [6, 6.07) is 5.05. The number of carbonyl (C=O) groups excluding carboxylic acids is 1. The predicted molar refractivity (Wildman–Crippen MR) is 64.4 cm³/mol. The molecule has 88 valence electrons. The second-order valence-electron chi connectivity index (χ2n) is 3.65. The fourth-order valence-electron chi connectivity index (χ4n) is 1.29. The summed E-state index contributed by atoms with van der Waals surface area (Å²) in [4.78, 5) is 13.2. The number of nitrogen functional groups attached to an aromatic ring is 1. The number of aliphatic hydroxyl groups excluding tert-OH is 1. The Balaban J connectivity index is 2.93. The molecule has 0 aliphatic rings. The minimum absolute atomic E-state index is 0.0191. The Labute approximate surface area is 94.9 Å². The molecule has 0 atom stereocenters. The standard InChI is InChI=1S/C11H17N3O2/c1-14(2)11(16)8-3-4-9(12)10(7-8)13-5-6-15/h3-4,7,13,15H,5-6,12H2,1-2H3. The van der Waals surface area contributed by atoms with Crippen LogP contribution in [0.3, 0.4) is 0 Å². The van der Waals surface area contributed by atoms with E-state index in [1.165, 1.54) is 4.90 Å². The van der Waals surface area contributed by atoms with Gasteiger partial charge < -0.3 is 21.1 Å². The van der Waals surface area contributed by atoms with Gasteiger partial charge in [-0.2, -0.15) is 0 Å². The molecule has 0 fully saturated rings. The monoisotopic (exact) mass is 223 g/mol. The van der Waals surface area contributed by atoms with E-state index in [9.17, 15) is 4.79 Å². The molecule has 5 nitrogen and oxygen atoms in total. The third kappa shape index (κ3) is 2.87. The highest BCUT2D eigenvalue weighted by Crippen LogP contribution is 2.20. The third-order valence-electron chi connectivity index (χ3n) is 2.13. The number of aliphatic hydroxyl groups is 1. The smallest absolute Gasteiger partial charge is 0.253 e. The van der Waals surface area contributed by atoms with Crippen molar-refractivity contribution >= 4 is 17.3 Å². The van der Waals surface area contributed by atoms with Crippen LogP contribution in [0.5, 0.6) is 0 Å². The van der Waals surface area contributed by atoms with Crippen LogP contribution in [0.1, 0.15) is 10.4 Å². The van der Waals surface area contributed by atoms with E-state index in [4.69, 9.17) is 10.8 Å². The number of nitrogens with two attached hydrogens (primary N) is 1. The molecule has 0 bridgehead atoms. The zero-order chi connectivity index (χ0) is 12.1. The highest BCUT2D eigenvalue weighted by Gasteiger charge is 2.09. The van der Waals surface area contributed by atoms with Gasteiger partial charge in [0.15, 0.2) is 0 Å². The lowest BCUT2D eigenvalue weighted by molar-refractivity contribution is 0.0827. The summed E-state index contributed by atoms with van der Waals surface area (Å²) in [6.45, 7) is 0.426. The van der Waals surface area contributed by atoms with Gasteiger partial charge in [0.2, 0.25) is 0 Å². The lowest BCUT2D eigenvalue weighted by Gasteiger charge is -2.13. The number of hydrogen-bond donors (Lipinski definition) is 3. The summed E-state index contributed by atoms with van der Waals surface area (Å²) in [5, 5.41) is 11.7. The van der Waals surface area contributed by atoms with Crippen molar-refractivity contribution in [3.8, 4) is 0 Å². The van der Waals surface area contributed by atoms with Gasteiger partial charge in [0.05, 0.1) is 18.0 Å². The molecule has 0 unspecified atom stereocenters. The molecule has 0 spiro atoms. The van der Waals surface area contributed by atoms with E-state index in [-0.39, 0.29) is 12.5 Å². The summed E-state index contributed by atoms with van der Waals surface area (Å²) in [5.74, 6) is -0.0768. The van der Waals surface area contributed by atoms with Gasteiger partial charge in [-0.15, -0.1) is 0 Å². The highest BCUT2D eigenvalue weighted by atomic mass is 16.3. The molecule has 0 aromatic heterocycles. The molecule has 1 aromatic carbocycles. The average Bonchev–Trinajstić information content (AvgIpc) is 2.27. The topological polar surface area (TPSA) is 78.6 Å². The molecule has 0 heterocycles. The summed E-state index contributed by atoms with van der Waals surface area (Å²) in [6.07, 6.45) is 0. The van der Waals surface area contributed by atoms with Crippen molar-refractivity contribution < 1.29 is 9.90 Å². The Kier molecular flexibility index (Phi) is 4.13. The maximum Gasteiger partial charge on any atom is 0.253 e. The van der Waals surface area contributed by atoms with Crippen molar-refractivity contribution in [3.63, 3.8) is 0 Å². The van der Waals surface area contributed by atoms with Crippen LogP contribution in [0.4, 0.5) is 11.4 Å². The zero-order valence-corrected chi connectivity index (χ0v) is 9.53. The number of nitrogens with one attached hydrogen (secondary N) is 1. The first kappa shape index (κ1) is 12.3. The molecule has 0 aliphatic heterocycles. The van der Waals surface area contributed by atoms with Crippen LogP contribution >= 0.6 is 0 Å². The Hall–Kier alpha value is -1.75. The van der Waals surface area contributed by atoms with Crippen molar-refractivity contribution in [1.29, 1.82) is 0 Å². The van der Waals surface area contributed by atoms with E-state index in [1.807, 2.05) is 0 Å². The highest BCUT2D eigenvalue weighted by molar-refractivity contribution is 5.95. The Morgan fingerprint density at radius 2 is 2.19 bits per heavy atom. The van der Waals surface area contributed by atoms with E-state index < -0.39 is 0 Å². The van der Waals surface area contributed by atoms with Crippen molar-refractivity contribution in [2.24, 2.45) is 0 Å². The number of amides is 1. The molecular weight excluding hydrogens is 206 g/mol. The number of anilines is 2. The lowest BCUT2D eigenvalue weighted by atomic mass is 10.1. The number of benzene rings is 1. The SMILES string of the molecule is CN(C)C(=O)c1ccc(N)c(NCCO)c1. The molecule has 0 radical (unpaired) electrons. The molecular formula is C11H17N3O2. The predicted octanol–water partition coefficient (Wildman–Crippen LogP) is 0.375. The maximum absolute atomic E-state index is 11.7. The second-order valence-corrected chi connectivity index (χ2v) is 3.65. The molecule has 0 saturated heterocycles. The van der Waals surface area contributed by atoms with Crippen LogP contribution in [-0.2, 0) is 0 Å². The molecule has 0 aliphatic carbocycles. The van der Waals surface area contributed by atoms with E-state index in [1.54, 1.807) is 32.3 Å². The van der Waals surface area contributed by atoms with Crippen LogP contribution in [0.15, 0.2) is 18.2 Å². The van der Waals surface area contributed by atoms with Crippen LogP contribution in [-0.4, -0.2) is 43.2 Å². The molecule has 1 amide bonds. The van der Waals surface area contributed by atoms with Crippen LogP contribution in [0.25, 0.3) is 0 Å². The minimum Gasteiger partial charge on any atom is -0.397 e. The van der Waals surface area contributed by atoms with Gasteiger partial charge in [-0.3, -0.25) is 4.79 Å². The van der Waals surface area contributed by atoms with E-state index in [0.717, 1.165) is 0 Å². The maximum atomic E-state index is 11.7. The van der Waals surface area contributed by atoms with Gasteiger partial charge >= 0.3 is 0 Å². The first-order chi connectivity index (χ1) is 7.56. The average molecular weight is 223 g/mol. The van der Waals surface area contributed by atoms with E-state index >= 15 is 0 Å². The molecule has 1 rings (SSSR count). The molecule has 5 heteroatoms. The van der Waals surface area contributed by atoms with Crippen LogP contribution in [0, 0.1) is 0 Å². The van der Waals surface area contributed by atoms with Crippen molar-refractivity contribution in [2.45, 2.75) is 0 Å². The first-order valence-electron chi connectivity index (χ1n) is 5.02. The summed E-state index contributed by atoms with van der Waals surface area (Å²) in [5.41, 5.74) is 7.53. The molecule has 16 heavy (non-hydrogen) atoms. The van der Waals surface area contributed by atoms with Crippen LogP contribution < -0.4 is 11.1 Å². The number of nitrogens with zero attached hydrogens (tertiary/aromatic N) is 1. The van der Waals surface area contributed by atoms with E-state index in [0.29, 0.717) is 23.5 Å². The summed E-state index contributed by atoms with van der Waals surface area (Å²) in [7, 11) is 3.39. The van der Waals surface area contributed by atoms with Gasteiger partial charge in [0.1, 0.15) is 0 Å². The van der Waals surface area contributed by atoms with Crippen LogP contribution in [0.2, 0.25) is 0 Å². The van der Waals surface area contributed by atoms with Gasteiger partial charge in [0, 0.05) is 26.2 Å². The first-order valence-corrected chi connectivity index (χ1v) is 5.02.